The standard InChI is InChI=1S/C9H17ClO2/c1-3-5-6-7-12-9(11)8(10)4-2/h8H,3-7H2,1-2H3. The Morgan fingerprint density at radius 2 is 2.08 bits per heavy atom. The molecule has 12 heavy (non-hydrogen) atoms. The Bertz CT molecular complexity index is 126. The van der Waals surface area contributed by atoms with Crippen LogP contribution >= 0.6 is 11.6 Å². The second-order valence-corrected chi connectivity index (χ2v) is 3.28. The van der Waals surface area contributed by atoms with Crippen LogP contribution < -0.4 is 0 Å². The zero-order valence-electron chi connectivity index (χ0n) is 7.81. The minimum absolute atomic E-state index is 0.282. The molecule has 0 aliphatic heterocycles. The Morgan fingerprint density at radius 1 is 1.42 bits per heavy atom. The largest absolute Gasteiger partial charge is 0.465 e. The van der Waals surface area contributed by atoms with E-state index in [1.54, 1.807) is 0 Å². The number of halogens is 1. The third kappa shape index (κ3) is 5.42. The van der Waals surface area contributed by atoms with Crippen LogP contribution in [0.2, 0.25) is 0 Å². The molecule has 0 aliphatic rings. The summed E-state index contributed by atoms with van der Waals surface area (Å²) in [4.78, 5) is 11.0. The van der Waals surface area contributed by atoms with E-state index in [0.29, 0.717) is 13.0 Å². The average Bonchev–Trinajstić information content (AvgIpc) is 2.10. The topological polar surface area (TPSA) is 26.3 Å². The number of hydrogen-bond donors (Lipinski definition) is 0. The number of hydrogen-bond acceptors (Lipinski definition) is 2. The van der Waals surface area contributed by atoms with E-state index < -0.39 is 5.38 Å². The molecular formula is C9H17ClO2. The summed E-state index contributed by atoms with van der Waals surface area (Å²) in [6, 6.07) is 0. The molecule has 3 heteroatoms. The van der Waals surface area contributed by atoms with Crippen molar-refractivity contribution in [1.82, 2.24) is 0 Å². The molecule has 0 N–H and O–H groups in total. The quantitative estimate of drug-likeness (QED) is 0.368. The maximum atomic E-state index is 11.0. The molecule has 0 spiro atoms. The maximum absolute atomic E-state index is 11.0. The van der Waals surface area contributed by atoms with Gasteiger partial charge in [0, 0.05) is 0 Å². The first kappa shape index (κ1) is 11.8. The predicted octanol–water partition coefficient (Wildman–Crippen LogP) is 2.74. The summed E-state index contributed by atoms with van der Waals surface area (Å²) in [6.07, 6.45) is 3.81. The molecule has 0 saturated carbocycles. The molecule has 72 valence electrons. The second-order valence-electron chi connectivity index (χ2n) is 2.75. The van der Waals surface area contributed by atoms with Gasteiger partial charge in [0.25, 0.3) is 0 Å². The SMILES string of the molecule is CCCCCOC(=O)C(Cl)CC. The number of alkyl halides is 1. The molecule has 0 amide bonds. The minimum atomic E-state index is -0.466. The van der Waals surface area contributed by atoms with Crippen LogP contribution in [0.15, 0.2) is 0 Å². The summed E-state index contributed by atoms with van der Waals surface area (Å²) in [5.74, 6) is -0.282. The lowest BCUT2D eigenvalue weighted by Crippen LogP contribution is -2.17. The first-order valence-corrected chi connectivity index (χ1v) is 4.96. The van der Waals surface area contributed by atoms with E-state index in [1.807, 2.05) is 6.92 Å². The number of carbonyl (C=O) groups is 1. The van der Waals surface area contributed by atoms with Crippen LogP contribution in [0.3, 0.4) is 0 Å². The van der Waals surface area contributed by atoms with Gasteiger partial charge in [0.2, 0.25) is 0 Å². The first-order chi connectivity index (χ1) is 5.72. The summed E-state index contributed by atoms with van der Waals surface area (Å²) in [7, 11) is 0. The smallest absolute Gasteiger partial charge is 0.324 e. The van der Waals surface area contributed by atoms with Crippen LogP contribution in [0.25, 0.3) is 0 Å². The summed E-state index contributed by atoms with van der Waals surface area (Å²) in [6.45, 7) is 4.49. The lowest BCUT2D eigenvalue weighted by Gasteiger charge is -2.06. The fourth-order valence-corrected chi connectivity index (χ4v) is 0.845. The van der Waals surface area contributed by atoms with Gasteiger partial charge in [-0.3, -0.25) is 4.79 Å². The predicted molar refractivity (Wildman–Crippen MR) is 50.4 cm³/mol. The van der Waals surface area contributed by atoms with Crippen molar-refractivity contribution in [2.45, 2.75) is 44.9 Å². The average molecular weight is 193 g/mol. The third-order valence-electron chi connectivity index (χ3n) is 1.61. The van der Waals surface area contributed by atoms with Gasteiger partial charge in [-0.15, -0.1) is 11.6 Å². The Hall–Kier alpha value is -0.240. The summed E-state index contributed by atoms with van der Waals surface area (Å²) < 4.78 is 4.93. The van der Waals surface area contributed by atoms with Crippen molar-refractivity contribution in [3.05, 3.63) is 0 Å². The highest BCUT2D eigenvalue weighted by molar-refractivity contribution is 6.29. The molecule has 0 rings (SSSR count). The molecule has 2 nitrogen and oxygen atoms in total. The van der Waals surface area contributed by atoms with E-state index in [-0.39, 0.29) is 5.97 Å². The van der Waals surface area contributed by atoms with Gasteiger partial charge < -0.3 is 4.74 Å². The van der Waals surface area contributed by atoms with Gasteiger partial charge in [0.15, 0.2) is 0 Å². The van der Waals surface area contributed by atoms with E-state index >= 15 is 0 Å². The molecule has 1 unspecified atom stereocenters. The molecule has 0 aromatic carbocycles. The maximum Gasteiger partial charge on any atom is 0.324 e. The van der Waals surface area contributed by atoms with Crippen LogP contribution in [0.1, 0.15) is 39.5 Å². The lowest BCUT2D eigenvalue weighted by molar-refractivity contribution is -0.143. The molecule has 0 aliphatic carbocycles. The van der Waals surface area contributed by atoms with Crippen LogP contribution in [0.5, 0.6) is 0 Å². The number of esters is 1. The Labute approximate surface area is 79.2 Å². The monoisotopic (exact) mass is 192 g/mol. The molecule has 0 bridgehead atoms. The second kappa shape index (κ2) is 7.41. The van der Waals surface area contributed by atoms with Gasteiger partial charge in [-0.25, -0.2) is 0 Å². The molecule has 0 aromatic heterocycles. The molecule has 0 radical (unpaired) electrons. The van der Waals surface area contributed by atoms with E-state index in [1.165, 1.54) is 0 Å². The minimum Gasteiger partial charge on any atom is -0.465 e. The van der Waals surface area contributed by atoms with Crippen LogP contribution in [-0.4, -0.2) is 18.0 Å². The van der Waals surface area contributed by atoms with Gasteiger partial charge in [-0.05, 0) is 12.8 Å². The van der Waals surface area contributed by atoms with Crippen molar-refractivity contribution in [2.24, 2.45) is 0 Å². The van der Waals surface area contributed by atoms with E-state index in [2.05, 4.69) is 6.92 Å². The Morgan fingerprint density at radius 3 is 2.58 bits per heavy atom. The van der Waals surface area contributed by atoms with Gasteiger partial charge >= 0.3 is 5.97 Å². The highest BCUT2D eigenvalue weighted by atomic mass is 35.5. The van der Waals surface area contributed by atoms with Crippen molar-refractivity contribution >= 4 is 17.6 Å². The summed E-state index contributed by atoms with van der Waals surface area (Å²) in [5.41, 5.74) is 0. The van der Waals surface area contributed by atoms with Crippen LogP contribution in [0, 0.1) is 0 Å². The Balaban J connectivity index is 3.31. The van der Waals surface area contributed by atoms with Crippen molar-refractivity contribution in [3.63, 3.8) is 0 Å². The number of ether oxygens (including phenoxy) is 1. The fraction of sp³-hybridized carbons (Fsp3) is 0.889. The zero-order valence-corrected chi connectivity index (χ0v) is 8.56. The molecule has 1 atom stereocenters. The van der Waals surface area contributed by atoms with E-state index in [4.69, 9.17) is 16.3 Å². The van der Waals surface area contributed by atoms with Gasteiger partial charge in [-0.1, -0.05) is 26.7 Å². The highest BCUT2D eigenvalue weighted by Gasteiger charge is 2.13. The lowest BCUT2D eigenvalue weighted by atomic mass is 10.3. The van der Waals surface area contributed by atoms with E-state index in [9.17, 15) is 4.79 Å². The molecular weight excluding hydrogens is 176 g/mol. The fourth-order valence-electron chi connectivity index (χ4n) is 0.782. The van der Waals surface area contributed by atoms with Crippen molar-refractivity contribution < 1.29 is 9.53 Å². The molecule has 0 saturated heterocycles. The van der Waals surface area contributed by atoms with Gasteiger partial charge in [-0.2, -0.15) is 0 Å². The highest BCUT2D eigenvalue weighted by Crippen LogP contribution is 2.04. The Kier molecular flexibility index (Phi) is 7.26. The third-order valence-corrected chi connectivity index (χ3v) is 2.09. The number of rotatable bonds is 6. The summed E-state index contributed by atoms with van der Waals surface area (Å²) >= 11 is 5.65. The van der Waals surface area contributed by atoms with Gasteiger partial charge in [0.1, 0.15) is 5.38 Å². The summed E-state index contributed by atoms with van der Waals surface area (Å²) in [5, 5.41) is -0.466. The molecule has 0 fully saturated rings. The van der Waals surface area contributed by atoms with Gasteiger partial charge in [0.05, 0.1) is 6.61 Å². The van der Waals surface area contributed by atoms with Crippen LogP contribution in [-0.2, 0) is 9.53 Å². The normalized spacial score (nSPS) is 12.6. The molecule has 0 aromatic rings. The van der Waals surface area contributed by atoms with Crippen molar-refractivity contribution in [1.29, 1.82) is 0 Å². The number of unbranched alkanes of at least 4 members (excludes halogenated alkanes) is 2. The molecule has 0 heterocycles. The first-order valence-electron chi connectivity index (χ1n) is 4.53. The number of carbonyl (C=O) groups excluding carboxylic acids is 1. The zero-order chi connectivity index (χ0) is 9.40. The van der Waals surface area contributed by atoms with E-state index in [0.717, 1.165) is 19.3 Å². The van der Waals surface area contributed by atoms with Crippen molar-refractivity contribution in [2.75, 3.05) is 6.61 Å². The van der Waals surface area contributed by atoms with Crippen molar-refractivity contribution in [3.8, 4) is 0 Å². The van der Waals surface area contributed by atoms with Crippen LogP contribution in [0.4, 0.5) is 0 Å².